The average molecular weight is 385 g/mol. The first-order valence-electron chi connectivity index (χ1n) is 6.85. The molecule has 3 rings (SSSR count). The molecule has 106 valence electrons. The van der Waals surface area contributed by atoms with Gasteiger partial charge in [0.05, 0.1) is 11.8 Å². The summed E-state index contributed by atoms with van der Waals surface area (Å²) in [6.45, 7) is 0. The molecule has 0 aromatic heterocycles. The van der Waals surface area contributed by atoms with Crippen LogP contribution in [-0.4, -0.2) is 17.0 Å². The Morgan fingerprint density at radius 1 is 1.10 bits per heavy atom. The van der Waals surface area contributed by atoms with E-state index in [0.29, 0.717) is 0 Å². The minimum Gasteiger partial charge on any atom is -0.481 e. The van der Waals surface area contributed by atoms with Crippen molar-refractivity contribution in [3.63, 3.8) is 0 Å². The lowest BCUT2D eigenvalue weighted by Crippen LogP contribution is -2.37. The number of aliphatic carboxylic acids is 1. The van der Waals surface area contributed by atoms with Gasteiger partial charge in [0.25, 0.3) is 0 Å². The van der Waals surface area contributed by atoms with E-state index in [4.69, 9.17) is 0 Å². The Balaban J connectivity index is 1.76. The second-order valence-corrected chi connectivity index (χ2v) is 6.96. The fourth-order valence-electron chi connectivity index (χ4n) is 3.78. The van der Waals surface area contributed by atoms with Crippen molar-refractivity contribution >= 4 is 40.2 Å². The van der Waals surface area contributed by atoms with Crippen molar-refractivity contribution in [3.05, 3.63) is 27.8 Å². The molecule has 0 spiro atoms. The Kier molecular flexibility index (Phi) is 3.70. The minimum absolute atomic E-state index is 0.134. The number of carboxylic acid groups (broad SMARTS) is 1. The fourth-order valence-corrected chi connectivity index (χ4v) is 4.14. The number of hydrogen-bond acceptors (Lipinski definition) is 2. The molecule has 2 aliphatic rings. The molecule has 4 nitrogen and oxygen atoms in total. The maximum Gasteiger partial charge on any atom is 0.307 e. The van der Waals surface area contributed by atoms with Crippen molar-refractivity contribution in [2.75, 3.05) is 5.32 Å². The number of anilines is 1. The van der Waals surface area contributed by atoms with E-state index in [-0.39, 0.29) is 23.7 Å². The summed E-state index contributed by atoms with van der Waals surface area (Å²) in [6.07, 6.45) is 2.83. The quantitative estimate of drug-likeness (QED) is 0.787. The summed E-state index contributed by atoms with van der Waals surface area (Å²) in [5, 5.41) is 12.3. The van der Waals surface area contributed by atoms with Gasteiger partial charge in [-0.25, -0.2) is 0 Å². The van der Waals surface area contributed by atoms with E-state index < -0.39 is 11.9 Å². The summed E-state index contributed by atoms with van der Waals surface area (Å²) in [4.78, 5) is 23.9. The van der Waals surface area contributed by atoms with Crippen LogP contribution in [0.1, 0.15) is 19.3 Å². The highest BCUT2D eigenvalue weighted by atomic mass is 127. The molecule has 1 aromatic rings. The Bertz CT molecular complexity index is 543. The molecule has 5 heteroatoms. The van der Waals surface area contributed by atoms with Crippen molar-refractivity contribution in [3.8, 4) is 0 Å². The third kappa shape index (κ3) is 2.43. The zero-order chi connectivity index (χ0) is 14.3. The summed E-state index contributed by atoms with van der Waals surface area (Å²) < 4.78 is 1.10. The number of rotatable bonds is 3. The molecule has 0 heterocycles. The number of carbonyl (C=O) groups is 2. The maximum atomic E-state index is 12.4. The van der Waals surface area contributed by atoms with Crippen LogP contribution in [0.15, 0.2) is 24.3 Å². The van der Waals surface area contributed by atoms with Crippen LogP contribution in [0.5, 0.6) is 0 Å². The molecule has 0 saturated heterocycles. The molecule has 20 heavy (non-hydrogen) atoms. The van der Waals surface area contributed by atoms with Gasteiger partial charge in [-0.2, -0.15) is 0 Å². The number of halogens is 1. The van der Waals surface area contributed by atoms with Crippen LogP contribution in [-0.2, 0) is 9.59 Å². The van der Waals surface area contributed by atoms with Crippen LogP contribution in [0, 0.1) is 27.2 Å². The molecule has 2 bridgehead atoms. The largest absolute Gasteiger partial charge is 0.481 e. The number of carbonyl (C=O) groups excluding carboxylic acids is 1. The molecular formula is C15H16INO3. The van der Waals surface area contributed by atoms with E-state index in [1.165, 1.54) is 0 Å². The van der Waals surface area contributed by atoms with Gasteiger partial charge < -0.3 is 10.4 Å². The summed E-state index contributed by atoms with van der Waals surface area (Å²) in [5.74, 6) is -1.40. The number of fused-ring (bicyclic) bond motifs is 2. The molecule has 2 fully saturated rings. The molecular weight excluding hydrogens is 369 g/mol. The molecule has 2 N–H and O–H groups in total. The van der Waals surface area contributed by atoms with Gasteiger partial charge in [-0.15, -0.1) is 0 Å². The monoisotopic (exact) mass is 385 g/mol. The van der Waals surface area contributed by atoms with Crippen LogP contribution in [0.25, 0.3) is 0 Å². The predicted octanol–water partition coefficient (Wildman–Crippen LogP) is 2.98. The fraction of sp³-hybridized carbons (Fsp3) is 0.467. The van der Waals surface area contributed by atoms with E-state index in [9.17, 15) is 14.7 Å². The van der Waals surface area contributed by atoms with Crippen LogP contribution in [0.2, 0.25) is 0 Å². The van der Waals surface area contributed by atoms with Gasteiger partial charge in [0, 0.05) is 9.26 Å². The van der Waals surface area contributed by atoms with Crippen molar-refractivity contribution in [1.29, 1.82) is 0 Å². The zero-order valence-electron chi connectivity index (χ0n) is 10.9. The van der Waals surface area contributed by atoms with Crippen molar-refractivity contribution in [1.82, 2.24) is 0 Å². The maximum absolute atomic E-state index is 12.4. The van der Waals surface area contributed by atoms with E-state index in [1.807, 2.05) is 24.3 Å². The number of hydrogen-bond donors (Lipinski definition) is 2. The highest BCUT2D eigenvalue weighted by molar-refractivity contribution is 14.1. The van der Waals surface area contributed by atoms with Crippen LogP contribution in [0.3, 0.4) is 0 Å². The summed E-state index contributed by atoms with van der Waals surface area (Å²) in [6, 6.07) is 7.54. The van der Waals surface area contributed by atoms with Gasteiger partial charge in [-0.1, -0.05) is 0 Å². The Labute approximate surface area is 131 Å². The summed E-state index contributed by atoms with van der Waals surface area (Å²) >= 11 is 2.20. The predicted molar refractivity (Wildman–Crippen MR) is 83.2 cm³/mol. The second kappa shape index (κ2) is 5.35. The molecule has 1 amide bonds. The first-order chi connectivity index (χ1) is 9.56. The lowest BCUT2D eigenvalue weighted by atomic mass is 9.78. The molecule has 0 radical (unpaired) electrons. The third-order valence-corrected chi connectivity index (χ3v) is 5.34. The van der Waals surface area contributed by atoms with Crippen molar-refractivity contribution in [2.24, 2.45) is 23.7 Å². The van der Waals surface area contributed by atoms with E-state index in [1.54, 1.807) is 0 Å². The normalized spacial score (nSPS) is 31.2. The smallest absolute Gasteiger partial charge is 0.307 e. The standard InChI is InChI=1S/C15H16INO3/c16-10-3-5-11(6-4-10)17-14(18)12-8-1-2-9(7-8)13(12)15(19)20/h3-6,8-9,12-13H,1-2,7H2,(H,17,18)(H,19,20). The van der Waals surface area contributed by atoms with Gasteiger partial charge in [0.1, 0.15) is 0 Å². The van der Waals surface area contributed by atoms with Crippen molar-refractivity contribution in [2.45, 2.75) is 19.3 Å². The van der Waals surface area contributed by atoms with Crippen LogP contribution >= 0.6 is 22.6 Å². The molecule has 1 aromatic carbocycles. The summed E-state index contributed by atoms with van der Waals surface area (Å²) in [7, 11) is 0. The van der Waals surface area contributed by atoms with E-state index in [2.05, 4.69) is 27.9 Å². The first-order valence-corrected chi connectivity index (χ1v) is 7.93. The minimum atomic E-state index is -0.819. The molecule has 4 unspecified atom stereocenters. The highest BCUT2D eigenvalue weighted by Gasteiger charge is 2.53. The third-order valence-electron chi connectivity index (χ3n) is 4.62. The Morgan fingerprint density at radius 3 is 2.30 bits per heavy atom. The molecule has 2 aliphatic carbocycles. The van der Waals surface area contributed by atoms with Crippen molar-refractivity contribution < 1.29 is 14.7 Å². The van der Waals surface area contributed by atoms with Gasteiger partial charge in [0.2, 0.25) is 5.91 Å². The van der Waals surface area contributed by atoms with Crippen LogP contribution in [0.4, 0.5) is 5.69 Å². The summed E-state index contributed by atoms with van der Waals surface area (Å²) in [5.41, 5.74) is 0.738. The van der Waals surface area contributed by atoms with E-state index >= 15 is 0 Å². The lowest BCUT2D eigenvalue weighted by molar-refractivity contribution is -0.148. The zero-order valence-corrected chi connectivity index (χ0v) is 13.0. The molecule has 2 saturated carbocycles. The average Bonchev–Trinajstić information content (AvgIpc) is 3.01. The van der Waals surface area contributed by atoms with Gasteiger partial charge in [0.15, 0.2) is 0 Å². The lowest BCUT2D eigenvalue weighted by Gasteiger charge is -2.27. The number of carboxylic acids is 1. The Morgan fingerprint density at radius 2 is 1.70 bits per heavy atom. The number of amides is 1. The molecule has 4 atom stereocenters. The van der Waals surface area contributed by atoms with E-state index in [0.717, 1.165) is 28.5 Å². The number of nitrogens with one attached hydrogen (secondary N) is 1. The molecule has 0 aliphatic heterocycles. The SMILES string of the molecule is O=C(O)C1C2CCC(C2)C1C(=O)Nc1ccc(I)cc1. The van der Waals surface area contributed by atoms with Crippen LogP contribution < -0.4 is 5.32 Å². The topological polar surface area (TPSA) is 66.4 Å². The highest BCUT2D eigenvalue weighted by Crippen LogP contribution is 2.52. The number of benzene rings is 1. The Hall–Kier alpha value is -1.11. The van der Waals surface area contributed by atoms with Gasteiger partial charge >= 0.3 is 5.97 Å². The second-order valence-electron chi connectivity index (χ2n) is 5.72. The first kappa shape index (κ1) is 13.9. The van der Waals surface area contributed by atoms with Gasteiger partial charge in [-0.05, 0) is 78.0 Å². The van der Waals surface area contributed by atoms with Gasteiger partial charge in [-0.3, -0.25) is 9.59 Å².